The Morgan fingerprint density at radius 2 is 2.35 bits per heavy atom. The van der Waals surface area contributed by atoms with Gasteiger partial charge in [-0.2, -0.15) is 0 Å². The van der Waals surface area contributed by atoms with Crippen molar-refractivity contribution in [2.24, 2.45) is 22.7 Å². The van der Waals surface area contributed by atoms with Crippen molar-refractivity contribution in [3.8, 4) is 0 Å². The van der Waals surface area contributed by atoms with E-state index in [9.17, 15) is 4.79 Å². The number of rotatable bonds is 4. The molecule has 0 aliphatic heterocycles. The lowest BCUT2D eigenvalue weighted by molar-refractivity contribution is -0.125. The van der Waals surface area contributed by atoms with E-state index in [1.807, 2.05) is 13.8 Å². The molecule has 0 aromatic carbocycles. The summed E-state index contributed by atoms with van der Waals surface area (Å²) in [7, 11) is 0. The molecule has 1 aromatic heterocycles. The highest BCUT2D eigenvalue weighted by atomic mass is 32.1. The molecule has 0 saturated carbocycles. The predicted octanol–water partition coefficient (Wildman–Crippen LogP) is 2.26. The maximum Gasteiger partial charge on any atom is 0.231 e. The van der Waals surface area contributed by atoms with E-state index < -0.39 is 5.92 Å². The van der Waals surface area contributed by atoms with Crippen LogP contribution in [0.2, 0.25) is 0 Å². The summed E-state index contributed by atoms with van der Waals surface area (Å²) in [6.07, 6.45) is 3.11. The van der Waals surface area contributed by atoms with Crippen LogP contribution in [0.25, 0.3) is 0 Å². The van der Waals surface area contributed by atoms with Crippen molar-refractivity contribution in [3.05, 3.63) is 21.9 Å². The smallest absolute Gasteiger partial charge is 0.231 e. The van der Waals surface area contributed by atoms with Crippen LogP contribution in [0.3, 0.4) is 0 Å². The summed E-state index contributed by atoms with van der Waals surface area (Å²) in [4.78, 5) is 13.8. The van der Waals surface area contributed by atoms with Crippen molar-refractivity contribution in [3.63, 3.8) is 0 Å². The average Bonchev–Trinajstić information content (AvgIpc) is 2.87. The third-order valence-electron chi connectivity index (χ3n) is 3.75. The van der Waals surface area contributed by atoms with Gasteiger partial charge in [0.1, 0.15) is 5.92 Å². The zero-order chi connectivity index (χ0) is 14.7. The second-order valence-electron chi connectivity index (χ2n) is 5.50. The molecular formula is C14H21N3O2S. The number of amidine groups is 1. The number of nitrogens with one attached hydrogen (secondary N) is 1. The monoisotopic (exact) mass is 295 g/mol. The van der Waals surface area contributed by atoms with Gasteiger partial charge in [-0.15, -0.1) is 11.3 Å². The van der Waals surface area contributed by atoms with E-state index in [0.29, 0.717) is 0 Å². The molecule has 2 atom stereocenters. The van der Waals surface area contributed by atoms with E-state index in [4.69, 9.17) is 10.9 Å². The first kappa shape index (κ1) is 14.8. The first-order valence-corrected chi connectivity index (χ1v) is 7.76. The Balaban J connectivity index is 2.12. The zero-order valence-electron chi connectivity index (χ0n) is 11.8. The van der Waals surface area contributed by atoms with Crippen molar-refractivity contribution < 1.29 is 10.0 Å². The summed E-state index contributed by atoms with van der Waals surface area (Å²) in [5, 5.41) is 16.9. The van der Waals surface area contributed by atoms with Crippen LogP contribution in [0, 0.1) is 11.8 Å². The van der Waals surface area contributed by atoms with Gasteiger partial charge < -0.3 is 16.3 Å². The third kappa shape index (κ3) is 2.95. The number of amides is 1. The number of aryl methyl sites for hydroxylation is 1. The fourth-order valence-corrected chi connectivity index (χ4v) is 3.73. The number of carbonyl (C=O) groups excluding carboxylic acids is 1. The van der Waals surface area contributed by atoms with E-state index in [1.54, 1.807) is 11.3 Å². The minimum atomic E-state index is -0.594. The molecule has 0 spiro atoms. The second-order valence-corrected chi connectivity index (χ2v) is 6.50. The van der Waals surface area contributed by atoms with Crippen molar-refractivity contribution in [2.45, 2.75) is 39.2 Å². The summed E-state index contributed by atoms with van der Waals surface area (Å²) in [6, 6.07) is 2.13. The fourth-order valence-electron chi connectivity index (χ4n) is 2.74. The van der Waals surface area contributed by atoms with Crippen LogP contribution >= 0.6 is 11.3 Å². The number of carbonyl (C=O) groups is 1. The number of hydrogen-bond acceptors (Lipinski definition) is 4. The van der Waals surface area contributed by atoms with Gasteiger partial charge in [0.15, 0.2) is 5.84 Å². The lowest BCUT2D eigenvalue weighted by Gasteiger charge is -2.27. The van der Waals surface area contributed by atoms with E-state index >= 15 is 0 Å². The summed E-state index contributed by atoms with van der Waals surface area (Å²) in [6.45, 7) is 3.78. The molecule has 1 aromatic rings. The first-order chi connectivity index (χ1) is 9.54. The molecule has 2 unspecified atom stereocenters. The quantitative estimate of drug-likeness (QED) is 0.344. The Morgan fingerprint density at radius 3 is 3.00 bits per heavy atom. The van der Waals surface area contributed by atoms with E-state index in [0.717, 1.165) is 19.3 Å². The molecule has 2 rings (SSSR count). The number of nitrogens with zero attached hydrogens (tertiary/aromatic N) is 1. The third-order valence-corrected chi connectivity index (χ3v) is 4.75. The van der Waals surface area contributed by atoms with Gasteiger partial charge in [-0.25, -0.2) is 0 Å². The summed E-state index contributed by atoms with van der Waals surface area (Å²) in [5.74, 6) is -0.807. The SMILES string of the molecule is CC(C)C(C(=O)NC1CCCc2sccc21)C(N)=NO. The average molecular weight is 295 g/mol. The van der Waals surface area contributed by atoms with Crippen LogP contribution in [-0.4, -0.2) is 17.0 Å². The van der Waals surface area contributed by atoms with Crippen molar-refractivity contribution in [2.75, 3.05) is 0 Å². The highest BCUT2D eigenvalue weighted by Crippen LogP contribution is 2.33. The maximum atomic E-state index is 12.4. The fraction of sp³-hybridized carbons (Fsp3) is 0.571. The van der Waals surface area contributed by atoms with E-state index in [-0.39, 0.29) is 23.7 Å². The Hall–Kier alpha value is -1.56. The van der Waals surface area contributed by atoms with Crippen LogP contribution in [0.4, 0.5) is 0 Å². The number of hydrogen-bond donors (Lipinski definition) is 3. The number of fused-ring (bicyclic) bond motifs is 1. The van der Waals surface area contributed by atoms with Gasteiger partial charge in [0.05, 0.1) is 6.04 Å². The molecule has 0 fully saturated rings. The predicted molar refractivity (Wildman–Crippen MR) is 79.9 cm³/mol. The first-order valence-electron chi connectivity index (χ1n) is 6.88. The molecule has 110 valence electrons. The second kappa shape index (κ2) is 6.26. The van der Waals surface area contributed by atoms with Gasteiger partial charge in [-0.05, 0) is 42.2 Å². The molecule has 6 heteroatoms. The highest BCUT2D eigenvalue weighted by Gasteiger charge is 2.30. The number of oxime groups is 1. The van der Waals surface area contributed by atoms with Crippen molar-refractivity contribution in [1.82, 2.24) is 5.32 Å². The molecule has 20 heavy (non-hydrogen) atoms. The molecule has 0 radical (unpaired) electrons. The molecule has 1 amide bonds. The Labute approximate surface area is 122 Å². The minimum Gasteiger partial charge on any atom is -0.409 e. The summed E-state index contributed by atoms with van der Waals surface area (Å²) in [5.41, 5.74) is 6.86. The van der Waals surface area contributed by atoms with Gasteiger partial charge in [-0.3, -0.25) is 4.79 Å². The van der Waals surface area contributed by atoms with Crippen LogP contribution < -0.4 is 11.1 Å². The van der Waals surface area contributed by atoms with Gasteiger partial charge in [0.25, 0.3) is 0 Å². The van der Waals surface area contributed by atoms with E-state index in [1.165, 1.54) is 10.4 Å². The number of nitrogens with two attached hydrogens (primary N) is 1. The molecule has 4 N–H and O–H groups in total. The molecule has 1 aliphatic carbocycles. The molecule has 5 nitrogen and oxygen atoms in total. The Kier molecular flexibility index (Phi) is 4.65. The largest absolute Gasteiger partial charge is 0.409 e. The zero-order valence-corrected chi connectivity index (χ0v) is 12.6. The highest BCUT2D eigenvalue weighted by molar-refractivity contribution is 7.10. The topological polar surface area (TPSA) is 87.7 Å². The van der Waals surface area contributed by atoms with Gasteiger partial charge in [0, 0.05) is 4.88 Å². The lowest BCUT2D eigenvalue weighted by atomic mass is 9.90. The Bertz CT molecular complexity index is 510. The van der Waals surface area contributed by atoms with Crippen molar-refractivity contribution >= 4 is 23.1 Å². The van der Waals surface area contributed by atoms with Crippen LogP contribution in [0.5, 0.6) is 0 Å². The van der Waals surface area contributed by atoms with Crippen molar-refractivity contribution in [1.29, 1.82) is 0 Å². The van der Waals surface area contributed by atoms with Gasteiger partial charge in [0.2, 0.25) is 5.91 Å². The summed E-state index contributed by atoms with van der Waals surface area (Å²) < 4.78 is 0. The molecular weight excluding hydrogens is 274 g/mol. The normalized spacial score (nSPS) is 20.6. The minimum absolute atomic E-state index is 0.0172. The number of thiophene rings is 1. The Morgan fingerprint density at radius 1 is 1.60 bits per heavy atom. The van der Waals surface area contributed by atoms with Crippen LogP contribution in [0.1, 0.15) is 43.2 Å². The molecule has 1 aliphatic rings. The molecule has 1 heterocycles. The lowest BCUT2D eigenvalue weighted by Crippen LogP contribution is -2.43. The van der Waals surface area contributed by atoms with Gasteiger partial charge in [-0.1, -0.05) is 19.0 Å². The van der Waals surface area contributed by atoms with E-state index in [2.05, 4.69) is 21.9 Å². The van der Waals surface area contributed by atoms with Crippen LogP contribution in [0.15, 0.2) is 16.6 Å². The molecule has 0 saturated heterocycles. The summed E-state index contributed by atoms with van der Waals surface area (Å²) >= 11 is 1.74. The van der Waals surface area contributed by atoms with Gasteiger partial charge >= 0.3 is 0 Å². The maximum absolute atomic E-state index is 12.4. The standard InChI is InChI=1S/C14H21N3O2S/c1-8(2)12(13(15)17-19)14(18)16-10-4-3-5-11-9(10)6-7-20-11/h6-8,10,12,19H,3-5H2,1-2H3,(H2,15,17)(H,16,18). The van der Waals surface area contributed by atoms with Crippen LogP contribution in [-0.2, 0) is 11.2 Å². The molecule has 0 bridgehead atoms.